The lowest BCUT2D eigenvalue weighted by Crippen LogP contribution is -2.43. The molecular weight excluding hydrogens is 138 g/mol. The maximum absolute atomic E-state index is 5.63. The third kappa shape index (κ3) is 1.20. The molecule has 0 bridgehead atoms. The Hall–Kier alpha value is -1.06. The molecule has 2 N–H and O–H groups in total. The topological polar surface area (TPSA) is 32.5 Å². The van der Waals surface area contributed by atoms with Gasteiger partial charge in [0.1, 0.15) is 0 Å². The summed E-state index contributed by atoms with van der Waals surface area (Å²) in [5.74, 6) is 5.63. The highest BCUT2D eigenvalue weighted by Gasteiger charge is 2.13. The van der Waals surface area contributed by atoms with Crippen molar-refractivity contribution in [2.75, 3.05) is 13.2 Å². The molecule has 0 aliphatic carbocycles. The van der Waals surface area contributed by atoms with Crippen LogP contribution in [0.1, 0.15) is 0 Å². The van der Waals surface area contributed by atoms with Crippen LogP contribution in [0.15, 0.2) is 36.2 Å². The summed E-state index contributed by atoms with van der Waals surface area (Å²) in [4.78, 5) is 2.11. The number of fused-ring (bicyclic) bond motifs is 1. The van der Waals surface area contributed by atoms with Gasteiger partial charge in [0, 0.05) is 18.4 Å². The molecule has 0 fully saturated rings. The van der Waals surface area contributed by atoms with Gasteiger partial charge in [-0.3, -0.25) is 5.84 Å². The summed E-state index contributed by atoms with van der Waals surface area (Å²) in [5.41, 5.74) is 1.24. The normalized spacial score (nSPS) is 23.4. The highest BCUT2D eigenvalue weighted by atomic mass is 15.5. The van der Waals surface area contributed by atoms with Crippen molar-refractivity contribution < 1.29 is 0 Å². The van der Waals surface area contributed by atoms with Crippen molar-refractivity contribution >= 4 is 0 Å². The maximum Gasteiger partial charge on any atom is 0.0883 e. The molecule has 0 atom stereocenters. The van der Waals surface area contributed by atoms with E-state index < -0.39 is 0 Å². The van der Waals surface area contributed by atoms with E-state index in [1.165, 1.54) is 5.70 Å². The maximum atomic E-state index is 5.63. The average Bonchev–Trinajstić information content (AvgIpc) is 2.04. The van der Waals surface area contributed by atoms with Crippen molar-refractivity contribution in [1.82, 2.24) is 9.91 Å². The number of allylic oxidation sites excluding steroid dienone is 3. The molecule has 2 aliphatic rings. The molecule has 2 heterocycles. The molecule has 0 aromatic heterocycles. The second-order valence-corrected chi connectivity index (χ2v) is 2.71. The lowest BCUT2D eigenvalue weighted by Gasteiger charge is -2.32. The first-order valence-corrected chi connectivity index (χ1v) is 3.67. The van der Waals surface area contributed by atoms with E-state index in [2.05, 4.69) is 17.1 Å². The molecule has 0 saturated heterocycles. The van der Waals surface area contributed by atoms with Crippen molar-refractivity contribution in [3.05, 3.63) is 36.2 Å². The van der Waals surface area contributed by atoms with Crippen molar-refractivity contribution in [3.8, 4) is 0 Å². The molecule has 2 aliphatic heterocycles. The summed E-state index contributed by atoms with van der Waals surface area (Å²) in [6.07, 6.45) is 10.3. The van der Waals surface area contributed by atoms with Crippen LogP contribution in [0.5, 0.6) is 0 Å². The van der Waals surface area contributed by atoms with Gasteiger partial charge in [-0.2, -0.15) is 0 Å². The van der Waals surface area contributed by atoms with Gasteiger partial charge in [0.25, 0.3) is 0 Å². The van der Waals surface area contributed by atoms with Gasteiger partial charge < -0.3 is 4.90 Å². The predicted molar refractivity (Wildman–Crippen MR) is 44.0 cm³/mol. The minimum Gasteiger partial charge on any atom is -0.334 e. The first-order valence-electron chi connectivity index (χ1n) is 3.67. The van der Waals surface area contributed by atoms with E-state index in [0.717, 1.165) is 13.2 Å². The molecule has 3 nitrogen and oxygen atoms in total. The fourth-order valence-corrected chi connectivity index (χ4v) is 1.27. The van der Waals surface area contributed by atoms with Crippen LogP contribution in [0.4, 0.5) is 0 Å². The van der Waals surface area contributed by atoms with Crippen LogP contribution in [0.3, 0.4) is 0 Å². The lowest BCUT2D eigenvalue weighted by molar-refractivity contribution is 0.200. The van der Waals surface area contributed by atoms with Crippen LogP contribution in [-0.2, 0) is 0 Å². The molecule has 11 heavy (non-hydrogen) atoms. The van der Waals surface area contributed by atoms with E-state index in [4.69, 9.17) is 5.84 Å². The SMILES string of the molecule is NN1CC=C2C=CC=CN2C1. The third-order valence-corrected chi connectivity index (χ3v) is 1.84. The summed E-state index contributed by atoms with van der Waals surface area (Å²) in [6.45, 7) is 1.62. The first kappa shape index (κ1) is 6.64. The molecule has 0 aromatic rings. The Kier molecular flexibility index (Phi) is 1.52. The smallest absolute Gasteiger partial charge is 0.0883 e. The summed E-state index contributed by atoms with van der Waals surface area (Å²) in [7, 11) is 0. The van der Waals surface area contributed by atoms with Crippen molar-refractivity contribution in [2.24, 2.45) is 5.84 Å². The van der Waals surface area contributed by atoms with Crippen molar-refractivity contribution in [2.45, 2.75) is 0 Å². The highest BCUT2D eigenvalue weighted by molar-refractivity contribution is 5.29. The molecule has 0 aromatic carbocycles. The Morgan fingerprint density at radius 1 is 1.36 bits per heavy atom. The Morgan fingerprint density at radius 2 is 2.27 bits per heavy atom. The fraction of sp³-hybridized carbons (Fsp3) is 0.250. The zero-order valence-corrected chi connectivity index (χ0v) is 6.27. The number of hydrogen-bond donors (Lipinski definition) is 1. The van der Waals surface area contributed by atoms with Gasteiger partial charge in [-0.25, -0.2) is 5.01 Å². The quantitative estimate of drug-likeness (QED) is 0.506. The van der Waals surface area contributed by atoms with E-state index in [9.17, 15) is 0 Å². The summed E-state index contributed by atoms with van der Waals surface area (Å²) < 4.78 is 0. The second kappa shape index (κ2) is 2.53. The minimum absolute atomic E-state index is 0.784. The standard InChI is InChI=1S/C8H11N3/c9-11-6-4-8-3-1-2-5-10(8)7-11/h1-5H,6-7,9H2. The van der Waals surface area contributed by atoms with Gasteiger partial charge in [-0.05, 0) is 18.2 Å². The Balaban J connectivity index is 2.23. The monoisotopic (exact) mass is 149 g/mol. The lowest BCUT2D eigenvalue weighted by atomic mass is 10.2. The Labute approximate surface area is 66.0 Å². The van der Waals surface area contributed by atoms with E-state index in [1.807, 2.05) is 18.4 Å². The Morgan fingerprint density at radius 3 is 3.18 bits per heavy atom. The second-order valence-electron chi connectivity index (χ2n) is 2.71. The first-order chi connectivity index (χ1) is 5.36. The summed E-state index contributed by atoms with van der Waals surface area (Å²) in [6, 6.07) is 0. The van der Waals surface area contributed by atoms with Crippen LogP contribution in [0.25, 0.3) is 0 Å². The molecule has 0 saturated carbocycles. The van der Waals surface area contributed by atoms with E-state index in [0.29, 0.717) is 0 Å². The van der Waals surface area contributed by atoms with Crippen molar-refractivity contribution in [3.63, 3.8) is 0 Å². The zero-order valence-electron chi connectivity index (χ0n) is 6.27. The van der Waals surface area contributed by atoms with Gasteiger partial charge >= 0.3 is 0 Å². The molecule has 58 valence electrons. The molecule has 0 unspecified atom stereocenters. The highest BCUT2D eigenvalue weighted by Crippen LogP contribution is 2.15. The third-order valence-electron chi connectivity index (χ3n) is 1.84. The van der Waals surface area contributed by atoms with Gasteiger partial charge in [-0.1, -0.05) is 6.08 Å². The predicted octanol–water partition coefficient (Wildman–Crippen LogP) is 0.403. The van der Waals surface area contributed by atoms with Crippen LogP contribution < -0.4 is 5.84 Å². The number of nitrogens with zero attached hydrogens (tertiary/aromatic N) is 2. The fourth-order valence-electron chi connectivity index (χ4n) is 1.27. The van der Waals surface area contributed by atoms with Crippen LogP contribution in [0.2, 0.25) is 0 Å². The van der Waals surface area contributed by atoms with E-state index in [-0.39, 0.29) is 0 Å². The number of hydrogen-bond acceptors (Lipinski definition) is 3. The largest absolute Gasteiger partial charge is 0.334 e. The molecule has 3 heteroatoms. The zero-order chi connectivity index (χ0) is 7.68. The van der Waals surface area contributed by atoms with Gasteiger partial charge in [0.05, 0.1) is 6.67 Å². The van der Waals surface area contributed by atoms with Crippen LogP contribution in [-0.4, -0.2) is 23.1 Å². The number of rotatable bonds is 0. The van der Waals surface area contributed by atoms with E-state index >= 15 is 0 Å². The molecule has 0 amide bonds. The van der Waals surface area contributed by atoms with Crippen molar-refractivity contribution in [1.29, 1.82) is 0 Å². The summed E-state index contributed by atoms with van der Waals surface area (Å²) >= 11 is 0. The van der Waals surface area contributed by atoms with Crippen LogP contribution >= 0.6 is 0 Å². The number of nitrogens with two attached hydrogens (primary N) is 1. The average molecular weight is 149 g/mol. The molecule has 2 rings (SSSR count). The van der Waals surface area contributed by atoms with E-state index in [1.54, 1.807) is 5.01 Å². The van der Waals surface area contributed by atoms with Crippen LogP contribution in [0, 0.1) is 0 Å². The molecule has 0 radical (unpaired) electrons. The van der Waals surface area contributed by atoms with Gasteiger partial charge in [-0.15, -0.1) is 0 Å². The number of hydrazine groups is 1. The van der Waals surface area contributed by atoms with Gasteiger partial charge in [0.2, 0.25) is 0 Å². The summed E-state index contributed by atoms with van der Waals surface area (Å²) in [5, 5.41) is 1.77. The minimum atomic E-state index is 0.784. The Bertz CT molecular complexity index is 240. The van der Waals surface area contributed by atoms with Gasteiger partial charge in [0.15, 0.2) is 0 Å². The molecular formula is C8H11N3. The molecule has 0 spiro atoms.